The number of hydrogen-bond acceptors (Lipinski definition) is 6. The van der Waals surface area contributed by atoms with Gasteiger partial charge in [-0.3, -0.25) is 0 Å². The maximum atomic E-state index is 11.9. The fraction of sp³-hybridized carbons (Fsp3) is 0.150. The summed E-state index contributed by atoms with van der Waals surface area (Å²) in [5, 5.41) is 9.06. The molecule has 0 amide bonds. The van der Waals surface area contributed by atoms with Crippen LogP contribution in [0.15, 0.2) is 60.2 Å². The van der Waals surface area contributed by atoms with Crippen LogP contribution in [-0.4, -0.2) is 25.2 Å². The van der Waals surface area contributed by atoms with Crippen molar-refractivity contribution in [3.05, 3.63) is 65.7 Å². The molecule has 0 saturated heterocycles. The molecule has 6 heteroatoms. The Bertz CT molecular complexity index is 837. The number of benzene rings is 2. The highest BCUT2D eigenvalue weighted by molar-refractivity contribution is 5.97. The van der Waals surface area contributed by atoms with E-state index in [4.69, 9.17) is 19.5 Å². The quantitative estimate of drug-likeness (QED) is 0.330. The summed E-state index contributed by atoms with van der Waals surface area (Å²) < 4.78 is 15.3. The van der Waals surface area contributed by atoms with Crippen LogP contribution in [0, 0.1) is 11.3 Å². The van der Waals surface area contributed by atoms with E-state index in [0.29, 0.717) is 11.3 Å². The number of ether oxygens (including phenoxy) is 3. The monoisotopic (exact) mass is 351 g/mol. The number of esters is 2. The van der Waals surface area contributed by atoms with E-state index >= 15 is 0 Å². The summed E-state index contributed by atoms with van der Waals surface area (Å²) in [5.41, 5.74) is 0.395. The maximum absolute atomic E-state index is 11.9. The van der Waals surface area contributed by atoms with Crippen molar-refractivity contribution in [1.29, 1.82) is 5.26 Å². The van der Waals surface area contributed by atoms with Crippen molar-refractivity contribution < 1.29 is 23.8 Å². The second-order valence-corrected chi connectivity index (χ2v) is 5.04. The van der Waals surface area contributed by atoms with Gasteiger partial charge in [-0.25, -0.2) is 9.59 Å². The predicted molar refractivity (Wildman–Crippen MR) is 94.2 cm³/mol. The van der Waals surface area contributed by atoms with Gasteiger partial charge in [0.15, 0.2) is 6.61 Å². The normalized spacial score (nSPS) is 10.5. The highest BCUT2D eigenvalue weighted by atomic mass is 16.6. The highest BCUT2D eigenvalue weighted by Crippen LogP contribution is 2.17. The van der Waals surface area contributed by atoms with Crippen LogP contribution in [-0.2, 0) is 14.3 Å². The number of nitriles is 1. The Hall–Kier alpha value is -3.59. The lowest BCUT2D eigenvalue weighted by molar-refractivity contribution is -0.138. The lowest BCUT2D eigenvalue weighted by Crippen LogP contribution is -2.17. The molecule has 0 unspecified atom stereocenters. The molecule has 0 aromatic heterocycles. The number of para-hydroxylation sites is 1. The van der Waals surface area contributed by atoms with Crippen LogP contribution in [0.5, 0.6) is 11.5 Å². The highest BCUT2D eigenvalue weighted by Gasteiger charge is 2.11. The van der Waals surface area contributed by atoms with Crippen LogP contribution in [0.3, 0.4) is 0 Å². The molecule has 0 aliphatic carbocycles. The third-order valence-electron chi connectivity index (χ3n) is 3.12. The molecule has 2 aromatic rings. The summed E-state index contributed by atoms with van der Waals surface area (Å²) in [5.74, 6) is -0.426. The first-order valence-corrected chi connectivity index (χ1v) is 7.90. The van der Waals surface area contributed by atoms with Crippen LogP contribution in [0.2, 0.25) is 0 Å². The van der Waals surface area contributed by atoms with E-state index in [-0.39, 0.29) is 24.5 Å². The Kier molecular flexibility index (Phi) is 6.95. The van der Waals surface area contributed by atoms with Gasteiger partial charge in [0.1, 0.15) is 23.1 Å². The third-order valence-corrected chi connectivity index (χ3v) is 3.12. The first-order chi connectivity index (χ1) is 12.6. The second-order valence-electron chi connectivity index (χ2n) is 5.04. The van der Waals surface area contributed by atoms with Crippen molar-refractivity contribution in [1.82, 2.24) is 0 Å². The topological polar surface area (TPSA) is 85.6 Å². The molecule has 0 heterocycles. The van der Waals surface area contributed by atoms with Gasteiger partial charge in [0.05, 0.1) is 6.61 Å². The number of carbonyl (C=O) groups is 2. The number of hydrogen-bond donors (Lipinski definition) is 0. The first kappa shape index (κ1) is 18.7. The molecule has 26 heavy (non-hydrogen) atoms. The molecule has 0 aliphatic heterocycles. The molecule has 0 fully saturated rings. The zero-order valence-electron chi connectivity index (χ0n) is 14.2. The summed E-state index contributed by atoms with van der Waals surface area (Å²) >= 11 is 0. The molecule has 2 aromatic carbocycles. The molecule has 0 spiro atoms. The fourth-order valence-electron chi connectivity index (χ4n) is 2.00. The summed E-state index contributed by atoms with van der Waals surface area (Å²) in [6.45, 7) is 1.59. The van der Waals surface area contributed by atoms with E-state index in [1.807, 2.05) is 6.07 Å². The average molecular weight is 351 g/mol. The molecule has 2 rings (SSSR count). The zero-order chi connectivity index (χ0) is 18.8. The Morgan fingerprint density at radius 2 is 1.81 bits per heavy atom. The van der Waals surface area contributed by atoms with Gasteiger partial charge in [-0.15, -0.1) is 0 Å². The third kappa shape index (κ3) is 5.80. The number of carbonyl (C=O) groups excluding carboxylic acids is 2. The molecule has 0 aliphatic rings. The van der Waals surface area contributed by atoms with Gasteiger partial charge >= 0.3 is 11.9 Å². The Morgan fingerprint density at radius 3 is 2.50 bits per heavy atom. The summed E-state index contributed by atoms with van der Waals surface area (Å²) in [4.78, 5) is 23.5. The SMILES string of the molecule is CCOC(=O)/C(C#N)=C/c1cccc(OC(=O)COc2ccccc2)c1. The molecule has 132 valence electrons. The molecule has 0 saturated carbocycles. The van der Waals surface area contributed by atoms with Crippen molar-refractivity contribution in [3.63, 3.8) is 0 Å². The maximum Gasteiger partial charge on any atom is 0.349 e. The number of rotatable bonds is 7. The second kappa shape index (κ2) is 9.64. The van der Waals surface area contributed by atoms with Gasteiger partial charge in [-0.2, -0.15) is 5.26 Å². The van der Waals surface area contributed by atoms with E-state index < -0.39 is 11.9 Å². The Labute approximate surface area is 151 Å². The molecule has 0 bridgehead atoms. The molecular formula is C20H17NO5. The van der Waals surface area contributed by atoms with Gasteiger partial charge < -0.3 is 14.2 Å². The standard InChI is InChI=1S/C20H17NO5/c1-2-24-20(23)16(13-21)11-15-7-6-10-18(12-15)26-19(22)14-25-17-8-4-3-5-9-17/h3-12H,2,14H2,1H3/b16-11+. The Balaban J connectivity index is 2.01. The van der Waals surface area contributed by atoms with Crippen LogP contribution in [0.1, 0.15) is 12.5 Å². The fourth-order valence-corrected chi connectivity index (χ4v) is 2.00. The zero-order valence-corrected chi connectivity index (χ0v) is 14.2. The van der Waals surface area contributed by atoms with Crippen molar-refractivity contribution in [2.45, 2.75) is 6.92 Å². The van der Waals surface area contributed by atoms with Gasteiger partial charge in [-0.05, 0) is 42.8 Å². The summed E-state index contributed by atoms with van der Waals surface area (Å²) in [7, 11) is 0. The first-order valence-electron chi connectivity index (χ1n) is 7.90. The van der Waals surface area contributed by atoms with Crippen molar-refractivity contribution in [2.24, 2.45) is 0 Å². The van der Waals surface area contributed by atoms with E-state index in [0.717, 1.165) is 0 Å². The number of nitrogens with zero attached hydrogens (tertiary/aromatic N) is 1. The van der Waals surface area contributed by atoms with E-state index in [2.05, 4.69) is 0 Å². The summed E-state index contributed by atoms with van der Waals surface area (Å²) in [6, 6.07) is 17.2. The van der Waals surface area contributed by atoms with Gasteiger partial charge in [0.2, 0.25) is 0 Å². The van der Waals surface area contributed by atoms with Crippen LogP contribution in [0.25, 0.3) is 6.08 Å². The minimum Gasteiger partial charge on any atom is -0.482 e. The van der Waals surface area contributed by atoms with Crippen LogP contribution in [0.4, 0.5) is 0 Å². The van der Waals surface area contributed by atoms with Gasteiger partial charge in [0, 0.05) is 0 Å². The minimum absolute atomic E-state index is 0.136. The van der Waals surface area contributed by atoms with Crippen molar-refractivity contribution in [3.8, 4) is 17.6 Å². The lowest BCUT2D eigenvalue weighted by atomic mass is 10.1. The van der Waals surface area contributed by atoms with Crippen LogP contribution >= 0.6 is 0 Å². The van der Waals surface area contributed by atoms with E-state index in [9.17, 15) is 9.59 Å². The molecule has 0 N–H and O–H groups in total. The van der Waals surface area contributed by atoms with E-state index in [1.54, 1.807) is 55.5 Å². The molecule has 0 atom stereocenters. The lowest BCUT2D eigenvalue weighted by Gasteiger charge is -2.07. The van der Waals surface area contributed by atoms with Crippen LogP contribution < -0.4 is 9.47 Å². The van der Waals surface area contributed by atoms with Crippen molar-refractivity contribution in [2.75, 3.05) is 13.2 Å². The average Bonchev–Trinajstić information content (AvgIpc) is 2.66. The van der Waals surface area contributed by atoms with Crippen molar-refractivity contribution >= 4 is 18.0 Å². The largest absolute Gasteiger partial charge is 0.482 e. The molecule has 0 radical (unpaired) electrons. The molecule has 6 nitrogen and oxygen atoms in total. The molecular weight excluding hydrogens is 334 g/mol. The minimum atomic E-state index is -0.700. The smallest absolute Gasteiger partial charge is 0.349 e. The van der Waals surface area contributed by atoms with E-state index in [1.165, 1.54) is 12.1 Å². The van der Waals surface area contributed by atoms with Gasteiger partial charge in [0.25, 0.3) is 0 Å². The predicted octanol–water partition coefficient (Wildman–Crippen LogP) is 3.14. The van der Waals surface area contributed by atoms with Gasteiger partial charge in [-0.1, -0.05) is 30.3 Å². The Morgan fingerprint density at radius 1 is 1.08 bits per heavy atom. The summed E-state index contributed by atoms with van der Waals surface area (Å²) in [6.07, 6.45) is 1.37.